The first-order valence-electron chi connectivity index (χ1n) is 9.01. The Bertz CT molecular complexity index is 874. The molecule has 0 amide bonds. The van der Waals surface area contributed by atoms with E-state index >= 15 is 0 Å². The van der Waals surface area contributed by atoms with Crippen LogP contribution in [0.2, 0.25) is 0 Å². The fourth-order valence-corrected chi connectivity index (χ4v) is 4.23. The minimum atomic E-state index is -4.37. The Morgan fingerprint density at radius 3 is 2.67 bits per heavy atom. The third-order valence-electron chi connectivity index (χ3n) is 5.59. The maximum Gasteiger partial charge on any atom is 0.416 e. The summed E-state index contributed by atoms with van der Waals surface area (Å²) < 4.78 is 39.1. The number of nitriles is 1. The fourth-order valence-electron chi connectivity index (χ4n) is 4.23. The molecule has 27 heavy (non-hydrogen) atoms. The molecule has 0 spiro atoms. The molecule has 2 aliphatic heterocycles. The molecule has 2 aromatic rings. The number of anilines is 2. The van der Waals surface area contributed by atoms with E-state index in [0.717, 1.165) is 37.2 Å². The molecule has 2 aliphatic rings. The summed E-state index contributed by atoms with van der Waals surface area (Å²) in [7, 11) is 0. The Balaban J connectivity index is 1.60. The molecule has 0 N–H and O–H groups in total. The average molecular weight is 372 g/mol. The molecule has 140 valence electrons. The molecule has 2 saturated heterocycles. The smallest absolute Gasteiger partial charge is 0.365 e. The second-order valence-electron chi connectivity index (χ2n) is 7.07. The van der Waals surface area contributed by atoms with Crippen molar-refractivity contribution in [1.82, 2.24) is 4.98 Å². The predicted molar refractivity (Wildman–Crippen MR) is 96.5 cm³/mol. The minimum absolute atomic E-state index is 0.171. The predicted octanol–water partition coefficient (Wildman–Crippen LogP) is 4.08. The highest BCUT2D eigenvalue weighted by Crippen LogP contribution is 2.38. The molecule has 2 unspecified atom stereocenters. The molecule has 0 radical (unpaired) electrons. The maximum atomic E-state index is 13.0. The van der Waals surface area contributed by atoms with Gasteiger partial charge in [0.05, 0.1) is 16.8 Å². The Labute approximate surface area is 155 Å². The summed E-state index contributed by atoms with van der Waals surface area (Å²) in [5.41, 5.74) is 0.867. The van der Waals surface area contributed by atoms with Gasteiger partial charge in [-0.05, 0) is 43.0 Å². The highest BCUT2D eigenvalue weighted by molar-refractivity contribution is 5.61. The number of halogens is 3. The first-order valence-corrected chi connectivity index (χ1v) is 9.01. The zero-order chi connectivity index (χ0) is 19.0. The number of hydrogen-bond acceptors (Lipinski definition) is 4. The van der Waals surface area contributed by atoms with Crippen molar-refractivity contribution in [3.8, 4) is 6.07 Å². The van der Waals surface area contributed by atoms with Gasteiger partial charge in [0.1, 0.15) is 11.9 Å². The third kappa shape index (κ3) is 3.32. The average Bonchev–Trinajstić information content (AvgIpc) is 3.10. The van der Waals surface area contributed by atoms with Crippen molar-refractivity contribution in [3.05, 3.63) is 53.7 Å². The molecule has 2 fully saturated rings. The summed E-state index contributed by atoms with van der Waals surface area (Å²) in [6, 6.07) is 12.1. The molecular weight excluding hydrogens is 353 g/mol. The van der Waals surface area contributed by atoms with Crippen LogP contribution in [0.1, 0.15) is 24.0 Å². The molecule has 2 atom stereocenters. The largest absolute Gasteiger partial charge is 0.416 e. The van der Waals surface area contributed by atoms with Crippen molar-refractivity contribution in [3.63, 3.8) is 0 Å². The van der Waals surface area contributed by atoms with Crippen molar-refractivity contribution < 1.29 is 13.2 Å². The van der Waals surface area contributed by atoms with Crippen LogP contribution in [0.4, 0.5) is 24.7 Å². The van der Waals surface area contributed by atoms with Crippen LogP contribution in [-0.4, -0.2) is 30.7 Å². The zero-order valence-corrected chi connectivity index (χ0v) is 14.7. The van der Waals surface area contributed by atoms with E-state index < -0.39 is 11.7 Å². The van der Waals surface area contributed by atoms with Gasteiger partial charge in [-0.3, -0.25) is 0 Å². The lowest BCUT2D eigenvalue weighted by Crippen LogP contribution is -2.48. The molecule has 0 bridgehead atoms. The monoisotopic (exact) mass is 372 g/mol. The Kier molecular flexibility index (Phi) is 4.42. The lowest BCUT2D eigenvalue weighted by atomic mass is 9.92. The number of pyridine rings is 1. The standard InChI is InChI=1S/C20H19F3N4/c21-20(22,23)16-5-8-25-19(11-16)26-9-6-14-7-10-27(18(14)13-26)17-4-2-1-3-15(17)12-24/h1-5,8,11,14,18H,6-7,9-10,13H2. The van der Waals surface area contributed by atoms with Gasteiger partial charge in [-0.15, -0.1) is 0 Å². The van der Waals surface area contributed by atoms with Crippen LogP contribution in [0.15, 0.2) is 42.6 Å². The summed E-state index contributed by atoms with van der Waals surface area (Å²) in [5, 5.41) is 9.41. The summed E-state index contributed by atoms with van der Waals surface area (Å²) >= 11 is 0. The number of alkyl halides is 3. The first kappa shape index (κ1) is 17.7. The topological polar surface area (TPSA) is 43.2 Å². The van der Waals surface area contributed by atoms with Crippen molar-refractivity contribution >= 4 is 11.5 Å². The molecule has 0 saturated carbocycles. The second-order valence-corrected chi connectivity index (χ2v) is 7.07. The van der Waals surface area contributed by atoms with Gasteiger partial charge in [0, 0.05) is 31.9 Å². The molecule has 7 heteroatoms. The van der Waals surface area contributed by atoms with Gasteiger partial charge < -0.3 is 9.80 Å². The number of para-hydroxylation sites is 1. The lowest BCUT2D eigenvalue weighted by Gasteiger charge is -2.40. The third-order valence-corrected chi connectivity index (χ3v) is 5.59. The van der Waals surface area contributed by atoms with Crippen LogP contribution in [0.5, 0.6) is 0 Å². The SMILES string of the molecule is N#Cc1ccccc1N1CCC2CCN(c3cc(C(F)(F)F)ccn3)CC21. The molecule has 0 aliphatic carbocycles. The molecule has 4 rings (SSSR count). The number of piperidine rings is 1. The summed E-state index contributed by atoms with van der Waals surface area (Å²) in [4.78, 5) is 8.35. The second kappa shape index (κ2) is 6.76. The Hall–Kier alpha value is -2.75. The van der Waals surface area contributed by atoms with E-state index in [-0.39, 0.29) is 6.04 Å². The van der Waals surface area contributed by atoms with Gasteiger partial charge in [0.15, 0.2) is 0 Å². The fraction of sp³-hybridized carbons (Fsp3) is 0.400. The van der Waals surface area contributed by atoms with Crippen molar-refractivity contribution in [2.75, 3.05) is 29.4 Å². The van der Waals surface area contributed by atoms with E-state index in [2.05, 4.69) is 16.0 Å². The quantitative estimate of drug-likeness (QED) is 0.797. The molecule has 4 nitrogen and oxygen atoms in total. The van der Waals surface area contributed by atoms with E-state index in [0.29, 0.717) is 30.4 Å². The molecule has 1 aromatic carbocycles. The van der Waals surface area contributed by atoms with Crippen molar-refractivity contribution in [2.45, 2.75) is 25.1 Å². The lowest BCUT2D eigenvalue weighted by molar-refractivity contribution is -0.137. The summed E-state index contributed by atoms with van der Waals surface area (Å²) in [6.45, 7) is 2.17. The maximum absolute atomic E-state index is 13.0. The van der Waals surface area contributed by atoms with Gasteiger partial charge in [-0.25, -0.2) is 4.98 Å². The highest BCUT2D eigenvalue weighted by atomic mass is 19.4. The van der Waals surface area contributed by atoms with Gasteiger partial charge >= 0.3 is 6.18 Å². The minimum Gasteiger partial charge on any atom is -0.365 e. The van der Waals surface area contributed by atoms with Crippen LogP contribution in [-0.2, 0) is 6.18 Å². The van der Waals surface area contributed by atoms with E-state index in [9.17, 15) is 18.4 Å². The van der Waals surface area contributed by atoms with Crippen LogP contribution in [0.25, 0.3) is 0 Å². The number of rotatable bonds is 2. The van der Waals surface area contributed by atoms with Gasteiger partial charge in [-0.2, -0.15) is 18.4 Å². The number of fused-ring (bicyclic) bond motifs is 1. The number of nitrogens with zero attached hydrogens (tertiary/aromatic N) is 4. The highest BCUT2D eigenvalue weighted by Gasteiger charge is 2.40. The zero-order valence-electron chi connectivity index (χ0n) is 14.7. The van der Waals surface area contributed by atoms with Crippen LogP contribution in [0, 0.1) is 17.2 Å². The number of hydrogen-bond donors (Lipinski definition) is 0. The van der Waals surface area contributed by atoms with E-state index in [4.69, 9.17) is 0 Å². The van der Waals surface area contributed by atoms with Crippen LogP contribution >= 0.6 is 0 Å². The number of aromatic nitrogens is 1. The van der Waals surface area contributed by atoms with Crippen LogP contribution < -0.4 is 9.80 Å². The van der Waals surface area contributed by atoms with Crippen molar-refractivity contribution in [1.29, 1.82) is 5.26 Å². The summed E-state index contributed by atoms with van der Waals surface area (Å²) in [5.74, 6) is 0.850. The van der Waals surface area contributed by atoms with E-state index in [1.807, 2.05) is 23.1 Å². The van der Waals surface area contributed by atoms with Gasteiger partial charge in [-0.1, -0.05) is 12.1 Å². The van der Waals surface area contributed by atoms with E-state index in [1.54, 1.807) is 6.07 Å². The number of benzene rings is 1. The van der Waals surface area contributed by atoms with Gasteiger partial charge in [0.25, 0.3) is 0 Å². The molecule has 3 heterocycles. The normalized spacial score (nSPS) is 22.4. The van der Waals surface area contributed by atoms with Crippen LogP contribution in [0.3, 0.4) is 0 Å². The van der Waals surface area contributed by atoms with E-state index in [1.165, 1.54) is 6.20 Å². The first-order chi connectivity index (χ1) is 13.0. The Morgan fingerprint density at radius 1 is 1.11 bits per heavy atom. The molecule has 1 aromatic heterocycles. The van der Waals surface area contributed by atoms with Gasteiger partial charge in [0.2, 0.25) is 0 Å². The summed E-state index contributed by atoms with van der Waals surface area (Å²) in [6.07, 6.45) is -1.20. The Morgan fingerprint density at radius 2 is 1.89 bits per heavy atom. The van der Waals surface area contributed by atoms with Crippen molar-refractivity contribution in [2.24, 2.45) is 5.92 Å². The molecular formula is C20H19F3N4.